The maximum absolute atomic E-state index is 13.2. The Hall–Kier alpha value is -1.13. The molecule has 98 valence electrons. The number of rotatable bonds is 0. The second-order valence-corrected chi connectivity index (χ2v) is 4.96. The molecule has 0 radical (unpaired) electrons. The van der Waals surface area contributed by atoms with E-state index >= 15 is 0 Å². The van der Waals surface area contributed by atoms with Crippen molar-refractivity contribution in [3.8, 4) is 0 Å². The number of piperidine rings is 1. The maximum Gasteiger partial charge on any atom is 0.231 e. The van der Waals surface area contributed by atoms with Crippen molar-refractivity contribution in [1.29, 1.82) is 0 Å². The second-order valence-electron chi connectivity index (χ2n) is 4.96. The summed E-state index contributed by atoms with van der Waals surface area (Å²) in [6, 6.07) is 4.58. The van der Waals surface area contributed by atoms with Crippen LogP contribution >= 0.6 is 12.4 Å². The van der Waals surface area contributed by atoms with Crippen molar-refractivity contribution in [2.75, 3.05) is 18.4 Å². The lowest BCUT2D eigenvalue weighted by Crippen LogP contribution is -2.48. The van der Waals surface area contributed by atoms with E-state index < -0.39 is 0 Å². The van der Waals surface area contributed by atoms with Gasteiger partial charge >= 0.3 is 0 Å². The molecule has 0 aliphatic carbocycles. The molecule has 0 saturated carbocycles. The molecule has 1 saturated heterocycles. The summed E-state index contributed by atoms with van der Waals surface area (Å²) in [6.45, 7) is 1.72. The molecule has 1 aromatic carbocycles. The Bertz CT molecular complexity index is 472. The van der Waals surface area contributed by atoms with E-state index in [1.807, 2.05) is 0 Å². The van der Waals surface area contributed by atoms with E-state index in [-0.39, 0.29) is 29.5 Å². The van der Waals surface area contributed by atoms with E-state index in [1.165, 1.54) is 6.07 Å². The van der Waals surface area contributed by atoms with E-state index in [2.05, 4.69) is 10.6 Å². The summed E-state index contributed by atoms with van der Waals surface area (Å²) in [7, 11) is 0. The van der Waals surface area contributed by atoms with Crippen molar-refractivity contribution >= 4 is 24.0 Å². The molecule has 5 heteroatoms. The van der Waals surface area contributed by atoms with E-state index in [1.54, 1.807) is 12.1 Å². The van der Waals surface area contributed by atoms with Crippen molar-refractivity contribution in [2.45, 2.75) is 19.3 Å². The highest BCUT2D eigenvalue weighted by molar-refractivity contribution is 5.98. The third kappa shape index (κ3) is 2.10. The second kappa shape index (κ2) is 4.86. The number of nitrogens with one attached hydrogen (secondary N) is 2. The van der Waals surface area contributed by atoms with Gasteiger partial charge in [0.05, 0.1) is 5.41 Å². The summed E-state index contributed by atoms with van der Waals surface area (Å²) < 4.78 is 13.2. The highest BCUT2D eigenvalue weighted by Crippen LogP contribution is 2.40. The lowest BCUT2D eigenvalue weighted by atomic mass is 9.71. The summed E-state index contributed by atoms with van der Waals surface area (Å²) in [5, 5.41) is 6.17. The Morgan fingerprint density at radius 2 is 1.94 bits per heavy atom. The molecule has 18 heavy (non-hydrogen) atoms. The topological polar surface area (TPSA) is 41.1 Å². The molecule has 0 aromatic heterocycles. The van der Waals surface area contributed by atoms with Gasteiger partial charge in [0.15, 0.2) is 0 Å². The molecule has 2 aliphatic rings. The number of hydrogen-bond donors (Lipinski definition) is 2. The number of carbonyl (C=O) groups excluding carboxylic acids is 1. The molecule has 3 rings (SSSR count). The van der Waals surface area contributed by atoms with E-state index in [4.69, 9.17) is 0 Å². The minimum atomic E-state index is -0.327. The summed E-state index contributed by atoms with van der Waals surface area (Å²) in [6.07, 6.45) is 2.32. The molecule has 1 amide bonds. The van der Waals surface area contributed by atoms with Crippen LogP contribution in [0.25, 0.3) is 0 Å². The highest BCUT2D eigenvalue weighted by Gasteiger charge is 2.42. The average Bonchev–Trinajstić information content (AvgIpc) is 2.32. The SMILES string of the molecule is Cl.O=C1Nc2ccc(F)cc2CC12CCNCC2. The molecule has 1 fully saturated rings. The molecule has 2 heterocycles. The Kier molecular flexibility index (Phi) is 3.59. The summed E-state index contributed by atoms with van der Waals surface area (Å²) in [4.78, 5) is 12.2. The fourth-order valence-corrected chi connectivity index (χ4v) is 2.84. The molecule has 2 N–H and O–H groups in total. The van der Waals surface area contributed by atoms with Gasteiger partial charge in [-0.05, 0) is 56.1 Å². The largest absolute Gasteiger partial charge is 0.325 e. The van der Waals surface area contributed by atoms with Crippen LogP contribution in [0.5, 0.6) is 0 Å². The standard InChI is InChI=1S/C13H15FN2O.ClH/c14-10-1-2-11-9(7-10)8-13(12(17)16-11)3-5-15-6-4-13;/h1-2,7,15H,3-6,8H2,(H,16,17);1H. The van der Waals surface area contributed by atoms with Gasteiger partial charge in [-0.3, -0.25) is 4.79 Å². The van der Waals surface area contributed by atoms with Crippen LogP contribution in [0.3, 0.4) is 0 Å². The molecule has 1 spiro atoms. The maximum atomic E-state index is 13.2. The first-order chi connectivity index (χ1) is 8.20. The van der Waals surface area contributed by atoms with Gasteiger partial charge < -0.3 is 10.6 Å². The first-order valence-corrected chi connectivity index (χ1v) is 6.00. The predicted molar refractivity (Wildman–Crippen MR) is 70.5 cm³/mol. The van der Waals surface area contributed by atoms with Crippen LogP contribution in [0.4, 0.5) is 10.1 Å². The van der Waals surface area contributed by atoms with Crippen LogP contribution in [0.15, 0.2) is 18.2 Å². The summed E-state index contributed by atoms with van der Waals surface area (Å²) in [5.74, 6) is -0.137. The third-order valence-electron chi connectivity index (χ3n) is 3.89. The number of benzene rings is 1. The van der Waals surface area contributed by atoms with Gasteiger partial charge in [-0.15, -0.1) is 12.4 Å². The van der Waals surface area contributed by atoms with E-state index in [0.29, 0.717) is 6.42 Å². The summed E-state index contributed by atoms with van der Waals surface area (Å²) >= 11 is 0. The number of carbonyl (C=O) groups is 1. The molecular weight excluding hydrogens is 255 g/mol. The number of anilines is 1. The van der Waals surface area contributed by atoms with Crippen LogP contribution in [0, 0.1) is 11.2 Å². The average molecular weight is 271 g/mol. The smallest absolute Gasteiger partial charge is 0.231 e. The van der Waals surface area contributed by atoms with E-state index in [0.717, 1.165) is 37.2 Å². The molecule has 0 atom stereocenters. The zero-order valence-corrected chi connectivity index (χ0v) is 10.8. The third-order valence-corrected chi connectivity index (χ3v) is 3.89. The van der Waals surface area contributed by atoms with Gasteiger partial charge in [-0.1, -0.05) is 0 Å². The van der Waals surface area contributed by atoms with Gasteiger partial charge in [0.25, 0.3) is 0 Å². The fourth-order valence-electron chi connectivity index (χ4n) is 2.84. The minimum Gasteiger partial charge on any atom is -0.325 e. The van der Waals surface area contributed by atoms with E-state index in [9.17, 15) is 9.18 Å². The lowest BCUT2D eigenvalue weighted by molar-refractivity contribution is -0.127. The van der Waals surface area contributed by atoms with Crippen molar-refractivity contribution in [3.05, 3.63) is 29.6 Å². The highest BCUT2D eigenvalue weighted by atomic mass is 35.5. The van der Waals surface area contributed by atoms with Crippen LogP contribution in [0.1, 0.15) is 18.4 Å². The first kappa shape index (κ1) is 13.3. The zero-order valence-electron chi connectivity index (χ0n) is 9.96. The monoisotopic (exact) mass is 270 g/mol. The normalized spacial score (nSPS) is 20.8. The Labute approximate surface area is 112 Å². The molecule has 0 bridgehead atoms. The number of halogens is 2. The fraction of sp³-hybridized carbons (Fsp3) is 0.462. The zero-order chi connectivity index (χ0) is 11.9. The molecular formula is C13H16ClFN2O. The lowest BCUT2D eigenvalue weighted by Gasteiger charge is -2.40. The van der Waals surface area contributed by atoms with Crippen LogP contribution < -0.4 is 10.6 Å². The van der Waals surface area contributed by atoms with Gasteiger partial charge in [0.1, 0.15) is 5.82 Å². The molecule has 1 aromatic rings. The minimum absolute atomic E-state index is 0. The molecule has 3 nitrogen and oxygen atoms in total. The van der Waals surface area contributed by atoms with Crippen molar-refractivity contribution in [2.24, 2.45) is 5.41 Å². The molecule has 2 aliphatic heterocycles. The van der Waals surface area contributed by atoms with Crippen molar-refractivity contribution in [3.63, 3.8) is 0 Å². The van der Waals surface area contributed by atoms with Crippen LogP contribution in [0.2, 0.25) is 0 Å². The number of amides is 1. The number of fused-ring (bicyclic) bond motifs is 1. The molecule has 0 unspecified atom stereocenters. The Balaban J connectivity index is 0.00000120. The van der Waals surface area contributed by atoms with Gasteiger partial charge in [-0.2, -0.15) is 0 Å². The Morgan fingerprint density at radius 3 is 2.67 bits per heavy atom. The Morgan fingerprint density at radius 1 is 1.22 bits per heavy atom. The van der Waals surface area contributed by atoms with Gasteiger partial charge in [0, 0.05) is 5.69 Å². The van der Waals surface area contributed by atoms with Crippen molar-refractivity contribution < 1.29 is 9.18 Å². The van der Waals surface area contributed by atoms with Crippen LogP contribution in [-0.2, 0) is 11.2 Å². The predicted octanol–water partition coefficient (Wildman–Crippen LogP) is 2.11. The van der Waals surface area contributed by atoms with Crippen molar-refractivity contribution in [1.82, 2.24) is 5.32 Å². The number of hydrogen-bond acceptors (Lipinski definition) is 2. The quantitative estimate of drug-likeness (QED) is 0.758. The van der Waals surface area contributed by atoms with Crippen LogP contribution in [-0.4, -0.2) is 19.0 Å². The summed E-state index contributed by atoms with van der Waals surface area (Å²) in [5.41, 5.74) is 1.36. The van der Waals surface area contributed by atoms with Gasteiger partial charge in [-0.25, -0.2) is 4.39 Å². The van der Waals surface area contributed by atoms with Gasteiger partial charge in [0.2, 0.25) is 5.91 Å². The first-order valence-electron chi connectivity index (χ1n) is 6.00.